The predicted molar refractivity (Wildman–Crippen MR) is 65.2 cm³/mol. The van der Waals surface area contributed by atoms with Crippen molar-refractivity contribution in [1.82, 2.24) is 9.80 Å². The first-order valence-electron chi connectivity index (χ1n) is 5.76. The fraction of sp³-hybridized carbons (Fsp3) is 1.00. The quantitative estimate of drug-likeness (QED) is 0.569. The fourth-order valence-corrected chi connectivity index (χ4v) is 1.48. The van der Waals surface area contributed by atoms with Crippen molar-refractivity contribution in [1.29, 1.82) is 0 Å². The second-order valence-electron chi connectivity index (χ2n) is 4.13. The van der Waals surface area contributed by atoms with Gasteiger partial charge in [0.2, 0.25) is 0 Å². The summed E-state index contributed by atoms with van der Waals surface area (Å²) in [4.78, 5) is 4.65. The topological polar surface area (TPSA) is 41.7 Å². The fourth-order valence-electron chi connectivity index (χ4n) is 1.48. The smallest absolute Gasteiger partial charge is 0.0589 e. The van der Waals surface area contributed by atoms with Gasteiger partial charge in [-0.3, -0.25) is 0 Å². The molecular weight excluding hydrogens is 190 g/mol. The average molecular weight is 217 g/mol. The lowest BCUT2D eigenvalue weighted by Crippen LogP contribution is -2.32. The Morgan fingerprint density at radius 3 is 2.20 bits per heavy atom. The molecule has 0 aliphatic rings. The molecule has 0 aliphatic heterocycles. The zero-order valence-corrected chi connectivity index (χ0v) is 10.5. The van der Waals surface area contributed by atoms with Gasteiger partial charge in [0.05, 0.1) is 6.61 Å². The van der Waals surface area contributed by atoms with E-state index in [4.69, 9.17) is 10.5 Å². The number of hydrogen-bond acceptors (Lipinski definition) is 4. The summed E-state index contributed by atoms with van der Waals surface area (Å²) >= 11 is 0. The molecule has 0 fully saturated rings. The molecule has 0 amide bonds. The van der Waals surface area contributed by atoms with E-state index in [1.165, 1.54) is 6.42 Å². The number of nitrogens with two attached hydrogens (primary N) is 1. The maximum absolute atomic E-state index is 5.52. The molecule has 15 heavy (non-hydrogen) atoms. The average Bonchev–Trinajstić information content (AvgIpc) is 2.20. The zero-order chi connectivity index (χ0) is 11.5. The van der Waals surface area contributed by atoms with Gasteiger partial charge >= 0.3 is 0 Å². The highest BCUT2D eigenvalue weighted by Crippen LogP contribution is 1.95. The van der Waals surface area contributed by atoms with Crippen molar-refractivity contribution in [2.75, 3.05) is 60.5 Å². The number of hydrogen-bond donors (Lipinski definition) is 1. The lowest BCUT2D eigenvalue weighted by atomic mass is 10.3. The number of nitrogens with zero attached hydrogens (tertiary/aromatic N) is 2. The van der Waals surface area contributed by atoms with E-state index in [1.807, 2.05) is 0 Å². The van der Waals surface area contributed by atoms with Crippen molar-refractivity contribution in [3.8, 4) is 0 Å². The Morgan fingerprint density at radius 2 is 1.67 bits per heavy atom. The van der Waals surface area contributed by atoms with Gasteiger partial charge in [0.25, 0.3) is 0 Å². The molecule has 0 bridgehead atoms. The van der Waals surface area contributed by atoms with Crippen molar-refractivity contribution in [3.63, 3.8) is 0 Å². The first-order valence-corrected chi connectivity index (χ1v) is 5.76. The summed E-state index contributed by atoms with van der Waals surface area (Å²) in [6.45, 7) is 5.98. The monoisotopic (exact) mass is 217 g/mol. The lowest BCUT2D eigenvalue weighted by molar-refractivity contribution is 0.144. The molecule has 0 rings (SSSR count). The Morgan fingerprint density at radius 1 is 1.00 bits per heavy atom. The van der Waals surface area contributed by atoms with Crippen LogP contribution in [0.5, 0.6) is 0 Å². The van der Waals surface area contributed by atoms with Crippen molar-refractivity contribution in [2.24, 2.45) is 5.73 Å². The van der Waals surface area contributed by atoms with E-state index in [0.717, 1.165) is 45.8 Å². The molecule has 0 saturated heterocycles. The maximum Gasteiger partial charge on any atom is 0.0589 e. The van der Waals surface area contributed by atoms with Crippen molar-refractivity contribution in [3.05, 3.63) is 0 Å². The van der Waals surface area contributed by atoms with Crippen LogP contribution in [0, 0.1) is 0 Å². The second kappa shape index (κ2) is 10.4. The largest absolute Gasteiger partial charge is 0.383 e. The standard InChI is InChI=1S/C11H27N3O/c1-13(2)7-5-9-14(8-4-6-12)10-11-15-3/h4-12H2,1-3H3. The van der Waals surface area contributed by atoms with Crippen LogP contribution in [0.4, 0.5) is 0 Å². The molecule has 0 aromatic rings. The van der Waals surface area contributed by atoms with E-state index in [1.54, 1.807) is 7.11 Å². The summed E-state index contributed by atoms with van der Waals surface area (Å²) in [5, 5.41) is 0. The third kappa shape index (κ3) is 10.1. The van der Waals surface area contributed by atoms with E-state index in [0.29, 0.717) is 0 Å². The number of rotatable bonds is 10. The van der Waals surface area contributed by atoms with E-state index in [2.05, 4.69) is 23.9 Å². The van der Waals surface area contributed by atoms with Gasteiger partial charge in [-0.25, -0.2) is 0 Å². The molecule has 0 heterocycles. The predicted octanol–water partition coefficient (Wildman–Crippen LogP) is 0.235. The number of methoxy groups -OCH3 is 1. The third-order valence-corrected chi connectivity index (χ3v) is 2.37. The molecule has 0 aliphatic carbocycles. The molecule has 92 valence electrons. The van der Waals surface area contributed by atoms with Gasteiger partial charge in [0.1, 0.15) is 0 Å². The highest BCUT2D eigenvalue weighted by Gasteiger charge is 2.03. The normalized spacial score (nSPS) is 11.6. The Hall–Kier alpha value is -0.160. The van der Waals surface area contributed by atoms with E-state index >= 15 is 0 Å². The van der Waals surface area contributed by atoms with Crippen LogP contribution < -0.4 is 5.73 Å². The Balaban J connectivity index is 3.58. The van der Waals surface area contributed by atoms with Gasteiger partial charge in [-0.2, -0.15) is 0 Å². The SMILES string of the molecule is COCCN(CCCN)CCCN(C)C. The molecule has 0 spiro atoms. The Kier molecular flexibility index (Phi) is 10.3. The van der Waals surface area contributed by atoms with Gasteiger partial charge in [-0.15, -0.1) is 0 Å². The Bertz CT molecular complexity index is 123. The summed E-state index contributed by atoms with van der Waals surface area (Å²) in [7, 11) is 5.97. The summed E-state index contributed by atoms with van der Waals surface area (Å²) in [6, 6.07) is 0. The second-order valence-corrected chi connectivity index (χ2v) is 4.13. The van der Waals surface area contributed by atoms with E-state index in [9.17, 15) is 0 Å². The number of ether oxygens (including phenoxy) is 1. The first-order chi connectivity index (χ1) is 7.20. The van der Waals surface area contributed by atoms with Gasteiger partial charge in [-0.05, 0) is 53.1 Å². The molecule has 0 unspecified atom stereocenters. The van der Waals surface area contributed by atoms with Crippen LogP contribution in [0.3, 0.4) is 0 Å². The minimum absolute atomic E-state index is 0.775. The minimum Gasteiger partial charge on any atom is -0.383 e. The van der Waals surface area contributed by atoms with Gasteiger partial charge < -0.3 is 20.3 Å². The molecule has 2 N–H and O–H groups in total. The van der Waals surface area contributed by atoms with Crippen molar-refractivity contribution < 1.29 is 4.74 Å². The zero-order valence-electron chi connectivity index (χ0n) is 10.5. The third-order valence-electron chi connectivity index (χ3n) is 2.37. The van der Waals surface area contributed by atoms with Crippen LogP contribution in [0.1, 0.15) is 12.8 Å². The molecule has 0 aromatic heterocycles. The van der Waals surface area contributed by atoms with Crippen LogP contribution in [0.25, 0.3) is 0 Å². The van der Waals surface area contributed by atoms with Gasteiger partial charge in [0.15, 0.2) is 0 Å². The Labute approximate surface area is 94.4 Å². The van der Waals surface area contributed by atoms with Crippen LogP contribution in [-0.2, 0) is 4.74 Å². The molecule has 0 saturated carbocycles. The van der Waals surface area contributed by atoms with Crippen LogP contribution in [0.15, 0.2) is 0 Å². The summed E-state index contributed by atoms with van der Waals surface area (Å²) in [5.41, 5.74) is 5.52. The van der Waals surface area contributed by atoms with Crippen LogP contribution >= 0.6 is 0 Å². The van der Waals surface area contributed by atoms with Crippen molar-refractivity contribution in [2.45, 2.75) is 12.8 Å². The van der Waals surface area contributed by atoms with E-state index < -0.39 is 0 Å². The highest BCUT2D eigenvalue weighted by molar-refractivity contribution is 4.59. The van der Waals surface area contributed by atoms with Crippen LogP contribution in [0.2, 0.25) is 0 Å². The van der Waals surface area contributed by atoms with E-state index in [-0.39, 0.29) is 0 Å². The van der Waals surface area contributed by atoms with Crippen molar-refractivity contribution >= 4 is 0 Å². The highest BCUT2D eigenvalue weighted by atomic mass is 16.5. The van der Waals surface area contributed by atoms with Crippen LogP contribution in [-0.4, -0.2) is 70.3 Å². The lowest BCUT2D eigenvalue weighted by Gasteiger charge is -2.22. The van der Waals surface area contributed by atoms with Gasteiger partial charge in [0, 0.05) is 13.7 Å². The molecular formula is C11H27N3O. The molecule has 4 heteroatoms. The molecule has 4 nitrogen and oxygen atoms in total. The minimum atomic E-state index is 0.775. The molecule has 0 radical (unpaired) electrons. The summed E-state index contributed by atoms with van der Waals surface area (Å²) in [5.74, 6) is 0. The molecule has 0 atom stereocenters. The maximum atomic E-state index is 5.52. The summed E-state index contributed by atoms with van der Waals surface area (Å²) in [6.07, 6.45) is 2.28. The van der Waals surface area contributed by atoms with Gasteiger partial charge in [-0.1, -0.05) is 0 Å². The summed E-state index contributed by atoms with van der Waals surface area (Å²) < 4.78 is 5.10. The first kappa shape index (κ1) is 14.8. The molecule has 0 aromatic carbocycles.